The Bertz CT molecular complexity index is 720. The van der Waals surface area contributed by atoms with Crippen molar-refractivity contribution in [1.29, 1.82) is 0 Å². The number of rotatable bonds is 3. The van der Waals surface area contributed by atoms with E-state index in [4.69, 9.17) is 11.6 Å². The zero-order valence-corrected chi connectivity index (χ0v) is 14.3. The highest BCUT2D eigenvalue weighted by atomic mass is 35.5. The highest BCUT2D eigenvalue weighted by Crippen LogP contribution is 2.51. The first kappa shape index (κ1) is 15.1. The molecule has 4 heteroatoms. The summed E-state index contributed by atoms with van der Waals surface area (Å²) in [6.45, 7) is 0.832. The monoisotopic (exact) mass is 343 g/mol. The van der Waals surface area contributed by atoms with Gasteiger partial charge in [-0.3, -0.25) is 4.79 Å². The molecule has 2 aromatic rings. The van der Waals surface area contributed by atoms with Crippen LogP contribution in [0.4, 0.5) is 0 Å². The van der Waals surface area contributed by atoms with E-state index in [9.17, 15) is 4.79 Å². The number of thioether (sulfide) groups is 1. The second kappa shape index (κ2) is 6.21. The van der Waals surface area contributed by atoms with E-state index < -0.39 is 0 Å². The minimum absolute atomic E-state index is 0.109. The second-order valence-electron chi connectivity index (χ2n) is 6.17. The van der Waals surface area contributed by atoms with E-state index in [0.29, 0.717) is 11.8 Å². The molecule has 2 nitrogen and oxygen atoms in total. The minimum Gasteiger partial charge on any atom is -0.325 e. The molecule has 0 bridgehead atoms. The molecule has 1 saturated heterocycles. The molecule has 4 rings (SSSR count). The van der Waals surface area contributed by atoms with Gasteiger partial charge in [-0.05, 0) is 35.6 Å². The van der Waals surface area contributed by atoms with Gasteiger partial charge in [-0.15, -0.1) is 11.8 Å². The van der Waals surface area contributed by atoms with Gasteiger partial charge in [-0.25, -0.2) is 0 Å². The number of amides is 1. The fourth-order valence-electron chi connectivity index (χ4n) is 3.38. The van der Waals surface area contributed by atoms with Crippen molar-refractivity contribution in [3.8, 4) is 0 Å². The van der Waals surface area contributed by atoms with Gasteiger partial charge in [-0.1, -0.05) is 54.1 Å². The average molecular weight is 344 g/mol. The highest BCUT2D eigenvalue weighted by Gasteiger charge is 2.47. The Balaban J connectivity index is 1.50. The van der Waals surface area contributed by atoms with Crippen LogP contribution in [0.3, 0.4) is 0 Å². The topological polar surface area (TPSA) is 20.3 Å². The Morgan fingerprint density at radius 1 is 1.09 bits per heavy atom. The summed E-state index contributed by atoms with van der Waals surface area (Å²) < 4.78 is 0. The number of carbonyl (C=O) groups is 1. The van der Waals surface area contributed by atoms with Crippen molar-refractivity contribution in [2.75, 3.05) is 12.3 Å². The normalized spacial score (nSPS) is 26.3. The number of carbonyl (C=O) groups excluding carboxylic acids is 1. The molecule has 2 aromatic carbocycles. The van der Waals surface area contributed by atoms with Crippen LogP contribution in [0.1, 0.15) is 28.8 Å². The van der Waals surface area contributed by atoms with Crippen molar-refractivity contribution in [2.45, 2.75) is 17.7 Å². The van der Waals surface area contributed by atoms with Gasteiger partial charge in [-0.2, -0.15) is 0 Å². The Morgan fingerprint density at radius 2 is 1.87 bits per heavy atom. The fraction of sp³-hybridized carbons (Fsp3) is 0.316. The van der Waals surface area contributed by atoms with Crippen LogP contribution in [0, 0.1) is 5.92 Å². The number of halogens is 1. The van der Waals surface area contributed by atoms with Gasteiger partial charge in [0.2, 0.25) is 5.91 Å². The van der Waals surface area contributed by atoms with Gasteiger partial charge in [0.15, 0.2) is 0 Å². The molecular formula is C19H18ClNOS. The molecule has 0 aromatic heterocycles. The quantitative estimate of drug-likeness (QED) is 0.803. The van der Waals surface area contributed by atoms with Crippen LogP contribution >= 0.6 is 23.4 Å². The number of benzene rings is 2. The molecule has 3 unspecified atom stereocenters. The van der Waals surface area contributed by atoms with E-state index in [-0.39, 0.29) is 11.3 Å². The summed E-state index contributed by atoms with van der Waals surface area (Å²) in [6.07, 6.45) is 0.978. The maximum absolute atomic E-state index is 12.9. The van der Waals surface area contributed by atoms with E-state index >= 15 is 0 Å². The lowest BCUT2D eigenvalue weighted by atomic mass is 10.1. The summed E-state index contributed by atoms with van der Waals surface area (Å²) in [5.41, 5.74) is 2.42. The SMILES string of the molecule is O=C(C1CC1c1ccccc1)N1CCSC1c1cccc(Cl)c1. The van der Waals surface area contributed by atoms with Crippen LogP contribution in [-0.2, 0) is 4.79 Å². The van der Waals surface area contributed by atoms with Crippen LogP contribution in [0.5, 0.6) is 0 Å². The summed E-state index contributed by atoms with van der Waals surface area (Å²) in [6, 6.07) is 18.3. The summed E-state index contributed by atoms with van der Waals surface area (Å²) in [7, 11) is 0. The van der Waals surface area contributed by atoms with Crippen molar-refractivity contribution in [1.82, 2.24) is 4.90 Å². The molecule has 1 saturated carbocycles. The molecule has 0 radical (unpaired) electrons. The van der Waals surface area contributed by atoms with Crippen molar-refractivity contribution in [3.05, 3.63) is 70.7 Å². The van der Waals surface area contributed by atoms with Gasteiger partial charge >= 0.3 is 0 Å². The largest absolute Gasteiger partial charge is 0.325 e. The number of hydrogen-bond donors (Lipinski definition) is 0. The lowest BCUT2D eigenvalue weighted by molar-refractivity contribution is -0.132. The average Bonchev–Trinajstić information content (AvgIpc) is 3.23. The van der Waals surface area contributed by atoms with Crippen molar-refractivity contribution >= 4 is 29.3 Å². The maximum atomic E-state index is 12.9. The van der Waals surface area contributed by atoms with Crippen molar-refractivity contribution in [3.63, 3.8) is 0 Å². The van der Waals surface area contributed by atoms with Gasteiger partial charge in [0.05, 0.1) is 0 Å². The molecule has 1 aliphatic carbocycles. The maximum Gasteiger partial charge on any atom is 0.227 e. The Morgan fingerprint density at radius 3 is 2.65 bits per heavy atom. The Hall–Kier alpha value is -1.45. The molecule has 0 spiro atoms. The smallest absolute Gasteiger partial charge is 0.227 e. The van der Waals surface area contributed by atoms with Crippen LogP contribution in [0.25, 0.3) is 0 Å². The molecule has 2 aliphatic rings. The lowest BCUT2D eigenvalue weighted by Crippen LogP contribution is -2.32. The minimum atomic E-state index is 0.109. The van der Waals surface area contributed by atoms with E-state index in [1.54, 1.807) is 0 Å². The summed E-state index contributed by atoms with van der Waals surface area (Å²) in [5.74, 6) is 1.84. The summed E-state index contributed by atoms with van der Waals surface area (Å²) in [4.78, 5) is 15.0. The molecule has 118 valence electrons. The highest BCUT2D eigenvalue weighted by molar-refractivity contribution is 7.99. The molecule has 1 aliphatic heterocycles. The first-order valence-electron chi connectivity index (χ1n) is 7.96. The van der Waals surface area contributed by atoms with E-state index in [1.165, 1.54) is 5.56 Å². The first-order chi connectivity index (χ1) is 11.2. The summed E-state index contributed by atoms with van der Waals surface area (Å²) >= 11 is 7.95. The van der Waals surface area contributed by atoms with Gasteiger partial charge in [0.25, 0.3) is 0 Å². The van der Waals surface area contributed by atoms with Gasteiger partial charge < -0.3 is 4.90 Å². The fourth-order valence-corrected chi connectivity index (χ4v) is 4.83. The molecule has 2 fully saturated rings. The van der Waals surface area contributed by atoms with Crippen LogP contribution in [0.2, 0.25) is 5.02 Å². The molecule has 0 N–H and O–H groups in total. The molecule has 3 atom stereocenters. The zero-order chi connectivity index (χ0) is 15.8. The zero-order valence-electron chi connectivity index (χ0n) is 12.7. The molecular weight excluding hydrogens is 326 g/mol. The molecule has 1 amide bonds. The van der Waals surface area contributed by atoms with E-state index in [0.717, 1.165) is 29.3 Å². The van der Waals surface area contributed by atoms with Crippen LogP contribution < -0.4 is 0 Å². The molecule has 23 heavy (non-hydrogen) atoms. The summed E-state index contributed by atoms with van der Waals surface area (Å²) in [5, 5.41) is 0.842. The predicted octanol–water partition coefficient (Wildman–Crippen LogP) is 4.72. The lowest BCUT2D eigenvalue weighted by Gasteiger charge is -2.24. The third-order valence-electron chi connectivity index (χ3n) is 4.64. The van der Waals surface area contributed by atoms with Gasteiger partial charge in [0, 0.05) is 23.2 Å². The van der Waals surface area contributed by atoms with E-state index in [1.807, 2.05) is 40.9 Å². The van der Waals surface area contributed by atoms with Gasteiger partial charge in [0.1, 0.15) is 5.37 Å². The third kappa shape index (κ3) is 3.00. The predicted molar refractivity (Wildman–Crippen MR) is 95.7 cm³/mol. The van der Waals surface area contributed by atoms with Crippen LogP contribution in [0.15, 0.2) is 54.6 Å². The van der Waals surface area contributed by atoms with Crippen LogP contribution in [-0.4, -0.2) is 23.1 Å². The Labute approximate surface area is 145 Å². The van der Waals surface area contributed by atoms with Crippen molar-refractivity contribution < 1.29 is 4.79 Å². The third-order valence-corrected chi connectivity index (χ3v) is 6.14. The second-order valence-corrected chi connectivity index (χ2v) is 7.79. The number of hydrogen-bond acceptors (Lipinski definition) is 2. The van der Waals surface area contributed by atoms with E-state index in [2.05, 4.69) is 30.3 Å². The Kier molecular flexibility index (Phi) is 4.08. The first-order valence-corrected chi connectivity index (χ1v) is 9.39. The number of nitrogens with zero attached hydrogens (tertiary/aromatic N) is 1. The standard InChI is InChI=1S/C19H18ClNOS/c20-15-8-4-7-14(11-15)19-21(9-10-23-19)18(22)17-12-16(17)13-5-2-1-3-6-13/h1-8,11,16-17,19H,9-10,12H2. The molecule has 1 heterocycles. The van der Waals surface area contributed by atoms with Crippen molar-refractivity contribution in [2.24, 2.45) is 5.92 Å².